The number of nitrogen functional groups attached to an aromatic ring is 1. The molecule has 1 aromatic carbocycles. The van der Waals surface area contributed by atoms with Crippen molar-refractivity contribution in [3.05, 3.63) is 65.2 Å². The Labute approximate surface area is 110 Å². The Morgan fingerprint density at radius 1 is 1.16 bits per heavy atom. The predicted octanol–water partition coefficient (Wildman–Crippen LogP) is 2.95. The van der Waals surface area contributed by atoms with Crippen LogP contribution in [0.5, 0.6) is 0 Å². The third-order valence-corrected chi connectivity index (χ3v) is 3.16. The first-order chi connectivity index (χ1) is 9.13. The quantitative estimate of drug-likeness (QED) is 0.765. The van der Waals surface area contributed by atoms with Crippen molar-refractivity contribution in [3.63, 3.8) is 0 Å². The molecule has 2 aromatic heterocycles. The molecule has 0 aliphatic heterocycles. The normalized spacial score (nSPS) is 11.1. The number of halogens is 1. The fourth-order valence-electron chi connectivity index (χ4n) is 2.14. The standard InChI is InChI=1S/C15H14FN3/c1-10-2-7-14-18-13(15(17)19(14)9-10)8-11-3-5-12(16)6-4-11/h2-7,9H,8,17H2,1H3. The third-order valence-electron chi connectivity index (χ3n) is 3.16. The summed E-state index contributed by atoms with van der Waals surface area (Å²) >= 11 is 0. The second-order valence-corrected chi connectivity index (χ2v) is 4.68. The van der Waals surface area contributed by atoms with E-state index in [1.807, 2.05) is 29.7 Å². The van der Waals surface area contributed by atoms with Crippen molar-refractivity contribution in [2.45, 2.75) is 13.3 Å². The van der Waals surface area contributed by atoms with E-state index in [9.17, 15) is 4.39 Å². The van der Waals surface area contributed by atoms with Gasteiger partial charge in [-0.25, -0.2) is 9.37 Å². The van der Waals surface area contributed by atoms with Crippen molar-refractivity contribution in [1.29, 1.82) is 0 Å². The van der Waals surface area contributed by atoms with E-state index in [2.05, 4.69) is 4.98 Å². The molecule has 0 unspecified atom stereocenters. The van der Waals surface area contributed by atoms with Gasteiger partial charge in [-0.05, 0) is 36.2 Å². The average molecular weight is 255 g/mol. The first-order valence-corrected chi connectivity index (χ1v) is 6.11. The lowest BCUT2D eigenvalue weighted by Gasteiger charge is -2.00. The van der Waals surface area contributed by atoms with Crippen molar-refractivity contribution in [2.24, 2.45) is 0 Å². The van der Waals surface area contributed by atoms with Crippen molar-refractivity contribution in [3.8, 4) is 0 Å². The molecule has 0 bridgehead atoms. The van der Waals surface area contributed by atoms with E-state index >= 15 is 0 Å². The predicted molar refractivity (Wildman–Crippen MR) is 73.5 cm³/mol. The molecule has 3 nitrogen and oxygen atoms in total. The summed E-state index contributed by atoms with van der Waals surface area (Å²) in [6.45, 7) is 2.01. The minimum Gasteiger partial charge on any atom is -0.383 e. The van der Waals surface area contributed by atoms with E-state index in [1.54, 1.807) is 12.1 Å². The summed E-state index contributed by atoms with van der Waals surface area (Å²) in [5, 5.41) is 0. The molecular weight excluding hydrogens is 241 g/mol. The number of fused-ring (bicyclic) bond motifs is 1. The number of aromatic nitrogens is 2. The fraction of sp³-hybridized carbons (Fsp3) is 0.133. The summed E-state index contributed by atoms with van der Waals surface area (Å²) in [7, 11) is 0. The molecule has 19 heavy (non-hydrogen) atoms. The van der Waals surface area contributed by atoms with Gasteiger partial charge in [0.2, 0.25) is 0 Å². The highest BCUT2D eigenvalue weighted by molar-refractivity contribution is 5.54. The number of nitrogens with zero attached hydrogens (tertiary/aromatic N) is 2. The van der Waals surface area contributed by atoms with Crippen LogP contribution in [-0.2, 0) is 6.42 Å². The summed E-state index contributed by atoms with van der Waals surface area (Å²) in [4.78, 5) is 4.52. The van der Waals surface area contributed by atoms with Crippen LogP contribution in [0.15, 0.2) is 42.6 Å². The number of anilines is 1. The molecule has 0 aliphatic carbocycles. The molecule has 0 radical (unpaired) electrons. The highest BCUT2D eigenvalue weighted by Crippen LogP contribution is 2.19. The van der Waals surface area contributed by atoms with Crippen LogP contribution in [0.2, 0.25) is 0 Å². The maximum atomic E-state index is 12.9. The zero-order valence-corrected chi connectivity index (χ0v) is 10.6. The lowest BCUT2D eigenvalue weighted by Crippen LogP contribution is -1.97. The van der Waals surface area contributed by atoms with E-state index in [0.29, 0.717) is 12.2 Å². The Morgan fingerprint density at radius 2 is 1.89 bits per heavy atom. The molecule has 3 rings (SSSR count). The van der Waals surface area contributed by atoms with Gasteiger partial charge >= 0.3 is 0 Å². The maximum Gasteiger partial charge on any atom is 0.138 e. The van der Waals surface area contributed by atoms with Gasteiger partial charge in [-0.2, -0.15) is 0 Å². The summed E-state index contributed by atoms with van der Waals surface area (Å²) in [5.74, 6) is 0.408. The SMILES string of the molecule is Cc1ccc2nc(Cc3ccc(F)cc3)c(N)n2c1. The van der Waals surface area contributed by atoms with Crippen LogP contribution in [0, 0.1) is 12.7 Å². The largest absolute Gasteiger partial charge is 0.383 e. The first-order valence-electron chi connectivity index (χ1n) is 6.11. The molecule has 3 aromatic rings. The van der Waals surface area contributed by atoms with Crippen LogP contribution < -0.4 is 5.73 Å². The van der Waals surface area contributed by atoms with Gasteiger partial charge < -0.3 is 5.73 Å². The van der Waals surface area contributed by atoms with Crippen LogP contribution in [0.4, 0.5) is 10.2 Å². The zero-order chi connectivity index (χ0) is 13.4. The highest BCUT2D eigenvalue weighted by Gasteiger charge is 2.09. The van der Waals surface area contributed by atoms with Gasteiger partial charge in [-0.3, -0.25) is 4.40 Å². The Morgan fingerprint density at radius 3 is 2.63 bits per heavy atom. The van der Waals surface area contributed by atoms with Gasteiger partial charge in [0.1, 0.15) is 17.3 Å². The topological polar surface area (TPSA) is 43.3 Å². The summed E-state index contributed by atoms with van der Waals surface area (Å²) < 4.78 is 14.8. The molecule has 96 valence electrons. The molecule has 0 atom stereocenters. The first kappa shape index (κ1) is 11.7. The van der Waals surface area contributed by atoms with Crippen molar-refractivity contribution in [2.75, 3.05) is 5.73 Å². The Kier molecular flexibility index (Phi) is 2.71. The van der Waals surface area contributed by atoms with Crippen LogP contribution in [-0.4, -0.2) is 9.38 Å². The number of nitrogens with two attached hydrogens (primary N) is 1. The van der Waals surface area contributed by atoms with Crippen LogP contribution >= 0.6 is 0 Å². The molecule has 0 saturated carbocycles. The molecule has 4 heteroatoms. The number of rotatable bonds is 2. The van der Waals surface area contributed by atoms with E-state index in [0.717, 1.165) is 22.5 Å². The molecule has 0 spiro atoms. The second-order valence-electron chi connectivity index (χ2n) is 4.68. The van der Waals surface area contributed by atoms with E-state index < -0.39 is 0 Å². The molecular formula is C15H14FN3. The Balaban J connectivity index is 2.01. The molecule has 0 fully saturated rings. The average Bonchev–Trinajstić information content (AvgIpc) is 2.70. The van der Waals surface area contributed by atoms with E-state index in [-0.39, 0.29) is 5.82 Å². The fourth-order valence-corrected chi connectivity index (χ4v) is 2.14. The molecule has 0 saturated heterocycles. The minimum absolute atomic E-state index is 0.234. The van der Waals surface area contributed by atoms with Gasteiger partial charge in [0.05, 0.1) is 5.69 Å². The second kappa shape index (κ2) is 4.39. The molecule has 2 heterocycles. The number of benzene rings is 1. The smallest absolute Gasteiger partial charge is 0.138 e. The highest BCUT2D eigenvalue weighted by atomic mass is 19.1. The lowest BCUT2D eigenvalue weighted by molar-refractivity contribution is 0.627. The van der Waals surface area contributed by atoms with Gasteiger partial charge in [0.15, 0.2) is 0 Å². The van der Waals surface area contributed by atoms with Gasteiger partial charge in [0.25, 0.3) is 0 Å². The summed E-state index contributed by atoms with van der Waals surface area (Å²) in [5.41, 5.74) is 9.89. The van der Waals surface area contributed by atoms with Crippen LogP contribution in [0.25, 0.3) is 5.65 Å². The lowest BCUT2D eigenvalue weighted by atomic mass is 10.1. The number of hydrogen-bond acceptors (Lipinski definition) is 2. The van der Waals surface area contributed by atoms with Crippen molar-refractivity contribution >= 4 is 11.5 Å². The number of aryl methyl sites for hydroxylation is 1. The van der Waals surface area contributed by atoms with Gasteiger partial charge in [0, 0.05) is 12.6 Å². The van der Waals surface area contributed by atoms with Gasteiger partial charge in [-0.1, -0.05) is 18.2 Å². The minimum atomic E-state index is -0.234. The zero-order valence-electron chi connectivity index (χ0n) is 10.6. The molecule has 0 amide bonds. The maximum absolute atomic E-state index is 12.9. The monoisotopic (exact) mass is 255 g/mol. The molecule has 0 aliphatic rings. The number of hydrogen-bond donors (Lipinski definition) is 1. The summed E-state index contributed by atoms with van der Waals surface area (Å²) in [6, 6.07) is 10.4. The van der Waals surface area contributed by atoms with Gasteiger partial charge in [-0.15, -0.1) is 0 Å². The number of pyridine rings is 1. The Bertz CT molecular complexity index is 729. The van der Waals surface area contributed by atoms with E-state index in [1.165, 1.54) is 12.1 Å². The van der Waals surface area contributed by atoms with Crippen LogP contribution in [0.3, 0.4) is 0 Å². The van der Waals surface area contributed by atoms with Crippen molar-refractivity contribution < 1.29 is 4.39 Å². The summed E-state index contributed by atoms with van der Waals surface area (Å²) in [6.07, 6.45) is 2.57. The number of imidazole rings is 1. The van der Waals surface area contributed by atoms with Crippen molar-refractivity contribution in [1.82, 2.24) is 9.38 Å². The molecule has 2 N–H and O–H groups in total. The third kappa shape index (κ3) is 2.17. The van der Waals surface area contributed by atoms with E-state index in [4.69, 9.17) is 5.73 Å². The van der Waals surface area contributed by atoms with Crippen LogP contribution in [0.1, 0.15) is 16.8 Å². The Hall–Kier alpha value is -2.36.